The summed E-state index contributed by atoms with van der Waals surface area (Å²) in [6, 6.07) is 0. The average molecular weight is 159 g/mol. The van der Waals surface area contributed by atoms with E-state index in [1.54, 1.807) is 0 Å². The van der Waals surface area contributed by atoms with Gasteiger partial charge >= 0.3 is 22.6 Å². The molecule has 0 unspecified atom stereocenters. The molecule has 0 aromatic rings. The van der Waals surface area contributed by atoms with Crippen LogP contribution < -0.4 is 0 Å². The third-order valence-corrected chi connectivity index (χ3v) is 0. The van der Waals surface area contributed by atoms with Crippen LogP contribution in [-0.4, -0.2) is 0 Å². The number of hydrogen-bond acceptors (Lipinski definition) is 0. The largest absolute Gasteiger partial charge is 0 e. The molecule has 1 radical (unpaired) electrons. The van der Waals surface area contributed by atoms with E-state index >= 15 is 0 Å². The Hall–Kier alpha value is 0.103. The number of rotatable bonds is 0. The molecule has 3 heteroatoms. The van der Waals surface area contributed by atoms with Crippen molar-refractivity contribution >= 4 is 0 Å². The Labute approximate surface area is 42.8 Å². The van der Waals surface area contributed by atoms with Crippen molar-refractivity contribution < 1.29 is 28.8 Å². The van der Waals surface area contributed by atoms with Crippen molar-refractivity contribution in [3.63, 3.8) is 0 Å². The van der Waals surface area contributed by atoms with Crippen LogP contribution in [0.25, 0.3) is 0 Å². The van der Waals surface area contributed by atoms with Gasteiger partial charge in [0, 0.05) is 19.5 Å². The third kappa shape index (κ3) is 1700. The zero-order valence-corrected chi connectivity index (χ0v) is 3.79. The van der Waals surface area contributed by atoms with Crippen molar-refractivity contribution in [1.82, 2.24) is 0 Å². The molecular formula is C2O2Rh. The Morgan fingerprint density at radius 3 is 0.800 bits per heavy atom. The van der Waals surface area contributed by atoms with E-state index in [0.717, 1.165) is 0 Å². The quantitative estimate of drug-likeness (QED) is 0.269. The fourth-order valence-corrected chi connectivity index (χ4v) is 0. The van der Waals surface area contributed by atoms with Crippen LogP contribution >= 0.6 is 0 Å². The summed E-state index contributed by atoms with van der Waals surface area (Å²) in [5.41, 5.74) is 0. The van der Waals surface area contributed by atoms with Gasteiger partial charge in [-0.25, -0.2) is 0 Å². The maximum atomic E-state index is 7.50. The summed E-state index contributed by atoms with van der Waals surface area (Å²) in [5, 5.41) is 0. The maximum Gasteiger partial charge on any atom is 0 e. The topological polar surface area (TPSA) is 39.8 Å². The molecule has 0 aliphatic heterocycles. The van der Waals surface area contributed by atoms with Crippen molar-refractivity contribution in [3.05, 3.63) is 13.3 Å². The summed E-state index contributed by atoms with van der Waals surface area (Å²) >= 11 is 0. The van der Waals surface area contributed by atoms with Gasteiger partial charge in [0.2, 0.25) is 0 Å². The number of hydrogen-bond donors (Lipinski definition) is 0. The van der Waals surface area contributed by atoms with Gasteiger partial charge in [0.15, 0.2) is 0 Å². The van der Waals surface area contributed by atoms with Crippen LogP contribution in [0.5, 0.6) is 0 Å². The normalized spacial score (nSPS) is 0.800. The molecule has 2 nitrogen and oxygen atoms in total. The molecule has 0 aromatic carbocycles. The Morgan fingerprint density at radius 2 is 0.800 bits per heavy atom. The van der Waals surface area contributed by atoms with E-state index in [9.17, 15) is 0 Å². The molecule has 0 aliphatic carbocycles. The van der Waals surface area contributed by atoms with Crippen LogP contribution in [0.3, 0.4) is 0 Å². The van der Waals surface area contributed by atoms with Crippen LogP contribution in [0, 0.1) is 13.3 Å². The molecule has 29 valence electrons. The fraction of sp³-hybridized carbons (Fsp3) is 0. The Balaban J connectivity index is -0.0000000133. The molecule has 0 heterocycles. The zero-order valence-electron chi connectivity index (χ0n) is 2.15. The average Bonchev–Trinajstić information content (AvgIpc) is 1.50. The predicted octanol–water partition coefficient (Wildman–Crippen LogP) is -0.0775. The first-order valence-corrected chi connectivity index (χ1v) is 0.408. The summed E-state index contributed by atoms with van der Waals surface area (Å²) in [6.45, 7) is 9.00. The Morgan fingerprint density at radius 1 is 0.800 bits per heavy atom. The molecule has 0 atom stereocenters. The minimum Gasteiger partial charge on any atom is 0 e. The van der Waals surface area contributed by atoms with E-state index < -0.39 is 0 Å². The van der Waals surface area contributed by atoms with Gasteiger partial charge in [-0.1, -0.05) is 0 Å². The molecule has 0 amide bonds. The predicted molar refractivity (Wildman–Crippen MR) is 7.86 cm³/mol. The second-order valence-electron chi connectivity index (χ2n) is 0. The van der Waals surface area contributed by atoms with E-state index in [4.69, 9.17) is 9.30 Å². The second-order valence-corrected chi connectivity index (χ2v) is 0. The molecule has 0 bridgehead atoms. The Kier molecular flexibility index (Phi) is 14400. The Bertz CT molecular complexity index is 23.1. The van der Waals surface area contributed by atoms with Crippen molar-refractivity contribution in [1.29, 1.82) is 0 Å². The van der Waals surface area contributed by atoms with Gasteiger partial charge in [-0.2, -0.15) is 0 Å². The van der Waals surface area contributed by atoms with E-state index in [1.165, 1.54) is 0 Å². The first-order chi connectivity index (χ1) is 2.00. The molecule has 0 spiro atoms. The van der Waals surface area contributed by atoms with Crippen molar-refractivity contribution in [2.45, 2.75) is 0 Å². The van der Waals surface area contributed by atoms with E-state index in [2.05, 4.69) is 13.3 Å². The minimum absolute atomic E-state index is 0. The van der Waals surface area contributed by atoms with Gasteiger partial charge in [0.05, 0.1) is 0 Å². The molecule has 0 N–H and O–H groups in total. The first-order valence-electron chi connectivity index (χ1n) is 0.408. The van der Waals surface area contributed by atoms with Crippen LogP contribution in [0.4, 0.5) is 0 Å². The monoisotopic (exact) mass is 159 g/mol. The molecule has 5 heavy (non-hydrogen) atoms. The van der Waals surface area contributed by atoms with Gasteiger partial charge < -0.3 is 0 Å². The summed E-state index contributed by atoms with van der Waals surface area (Å²) in [4.78, 5) is 0. The van der Waals surface area contributed by atoms with Crippen LogP contribution in [0.15, 0.2) is 0 Å². The fourth-order valence-electron chi connectivity index (χ4n) is 0. The minimum atomic E-state index is 0. The summed E-state index contributed by atoms with van der Waals surface area (Å²) < 4.78 is 15.0. The molecule has 0 fully saturated rings. The van der Waals surface area contributed by atoms with Crippen LogP contribution in [0.1, 0.15) is 0 Å². The van der Waals surface area contributed by atoms with E-state index in [1.807, 2.05) is 0 Å². The van der Waals surface area contributed by atoms with Gasteiger partial charge in [0.25, 0.3) is 0 Å². The van der Waals surface area contributed by atoms with Crippen LogP contribution in [0.2, 0.25) is 0 Å². The molecule has 0 saturated carbocycles. The van der Waals surface area contributed by atoms with Crippen molar-refractivity contribution in [2.75, 3.05) is 0 Å². The SMILES string of the molecule is [C-]#[O+].[C-]#[O+].[Rh]. The first kappa shape index (κ1) is 19.4. The second kappa shape index (κ2) is 3700. The molecular weight excluding hydrogens is 159 g/mol. The van der Waals surface area contributed by atoms with E-state index in [-0.39, 0.29) is 19.5 Å². The van der Waals surface area contributed by atoms with Crippen molar-refractivity contribution in [2.24, 2.45) is 0 Å². The molecule has 0 aliphatic rings. The van der Waals surface area contributed by atoms with Gasteiger partial charge in [-0.15, -0.1) is 0 Å². The van der Waals surface area contributed by atoms with Gasteiger partial charge in [-0.3, -0.25) is 0 Å². The standard InChI is InChI=1S/2CO.Rh/c2*1-2;. The molecule has 0 aromatic heterocycles. The third-order valence-electron chi connectivity index (χ3n) is 0. The smallest absolute Gasteiger partial charge is 0 e. The summed E-state index contributed by atoms with van der Waals surface area (Å²) in [7, 11) is 0. The van der Waals surface area contributed by atoms with Gasteiger partial charge in [-0.05, 0) is 0 Å². The summed E-state index contributed by atoms with van der Waals surface area (Å²) in [5.74, 6) is 0. The van der Waals surface area contributed by atoms with E-state index in [0.29, 0.717) is 0 Å². The maximum absolute atomic E-state index is 7.50. The summed E-state index contributed by atoms with van der Waals surface area (Å²) in [6.07, 6.45) is 0. The molecule has 0 saturated heterocycles. The van der Waals surface area contributed by atoms with Gasteiger partial charge in [0.1, 0.15) is 0 Å². The van der Waals surface area contributed by atoms with Crippen LogP contribution in [-0.2, 0) is 28.8 Å². The zero-order chi connectivity index (χ0) is 4.00. The molecule has 0 rings (SSSR count). The van der Waals surface area contributed by atoms with Crippen molar-refractivity contribution in [3.8, 4) is 0 Å².